The Morgan fingerprint density at radius 2 is 1.27 bits per heavy atom. The second-order valence-corrected chi connectivity index (χ2v) is 15.2. The van der Waals surface area contributed by atoms with E-state index in [9.17, 15) is 45.6 Å². The molecule has 3 N–H and O–H groups in total. The molecule has 11 nitrogen and oxygen atoms in total. The van der Waals surface area contributed by atoms with Crippen LogP contribution < -0.4 is 15.4 Å². The van der Waals surface area contributed by atoms with E-state index in [0.717, 1.165) is 11.1 Å². The Bertz CT molecular complexity index is 1910. The van der Waals surface area contributed by atoms with Crippen molar-refractivity contribution in [1.82, 2.24) is 20.3 Å². The van der Waals surface area contributed by atoms with Crippen LogP contribution in [0.15, 0.2) is 77.7 Å². The second-order valence-electron chi connectivity index (χ2n) is 13.1. The summed E-state index contributed by atoms with van der Waals surface area (Å²) in [4.78, 5) is 66.7. The number of amides is 4. The number of carbonyl (C=O) groups is 5. The van der Waals surface area contributed by atoms with Gasteiger partial charge in [-0.2, -0.15) is 13.2 Å². The molecule has 4 amide bonds. The smallest absolute Gasteiger partial charge is 0.344 e. The number of sulfonamides is 1. The summed E-state index contributed by atoms with van der Waals surface area (Å²) in [5.74, 6) is -6.84. The zero-order valence-corrected chi connectivity index (χ0v) is 30.2. The molecule has 1 aliphatic carbocycles. The third kappa shape index (κ3) is 9.76. The molecule has 52 heavy (non-hydrogen) atoms. The minimum Gasteiger partial charge on any atom is -0.344 e. The summed E-state index contributed by atoms with van der Waals surface area (Å²) in [7, 11) is -4.22. The Balaban J connectivity index is 1.52. The van der Waals surface area contributed by atoms with Crippen LogP contribution in [0.3, 0.4) is 0 Å². The highest BCUT2D eigenvalue weighted by molar-refractivity contribution is 7.90. The summed E-state index contributed by atoms with van der Waals surface area (Å²) in [5, 5.41) is 5.14. The lowest BCUT2D eigenvalue weighted by Gasteiger charge is -2.34. The number of hydrogen-bond acceptors (Lipinski definition) is 7. The Kier molecular flexibility index (Phi) is 12.5. The van der Waals surface area contributed by atoms with E-state index in [1.165, 1.54) is 67.3 Å². The average Bonchev–Trinajstić information content (AvgIpc) is 3.51. The van der Waals surface area contributed by atoms with E-state index in [-0.39, 0.29) is 16.0 Å². The van der Waals surface area contributed by atoms with E-state index >= 15 is 0 Å². The van der Waals surface area contributed by atoms with Crippen LogP contribution in [-0.4, -0.2) is 73.6 Å². The Morgan fingerprint density at radius 1 is 0.769 bits per heavy atom. The molecule has 0 saturated carbocycles. The molecule has 4 rings (SSSR count). The molecule has 278 valence electrons. The third-order valence-corrected chi connectivity index (χ3v) is 10.2. The van der Waals surface area contributed by atoms with Gasteiger partial charge < -0.3 is 15.5 Å². The van der Waals surface area contributed by atoms with Gasteiger partial charge in [-0.15, -0.1) is 0 Å². The second kappa shape index (κ2) is 16.3. The van der Waals surface area contributed by atoms with Crippen molar-refractivity contribution in [3.8, 4) is 0 Å². The molecule has 0 radical (unpaired) electrons. The first-order chi connectivity index (χ1) is 24.3. The molecule has 3 aromatic carbocycles. The first-order valence-electron chi connectivity index (χ1n) is 16.3. The van der Waals surface area contributed by atoms with E-state index in [4.69, 9.17) is 11.6 Å². The SMILES string of the molecule is CC(C)[C@H](NC(=O)c1ccc(C(=O)NS(=O)(=O)c2ccc(Cl)cc2)cc1)C(=O)N(CC(=O)N[C@@H](C(=O)C(F)(F)F)C(C)C)C1Cc2ccccc2C1. The van der Waals surface area contributed by atoms with Gasteiger partial charge in [-0.1, -0.05) is 63.6 Å². The van der Waals surface area contributed by atoms with Crippen LogP contribution >= 0.6 is 11.6 Å². The van der Waals surface area contributed by atoms with Crippen LogP contribution in [0.5, 0.6) is 0 Å². The molecular formula is C36H38ClF3N4O7S. The highest BCUT2D eigenvalue weighted by Gasteiger charge is 2.45. The molecule has 0 spiro atoms. The van der Waals surface area contributed by atoms with Gasteiger partial charge in [-0.25, -0.2) is 13.1 Å². The van der Waals surface area contributed by atoms with Gasteiger partial charge in [0.1, 0.15) is 6.04 Å². The Hall–Kier alpha value is -4.76. The molecule has 0 aromatic heterocycles. The maximum Gasteiger partial charge on any atom is 0.452 e. The molecule has 0 bridgehead atoms. The van der Waals surface area contributed by atoms with Gasteiger partial charge >= 0.3 is 6.18 Å². The number of ketones is 1. The predicted octanol–water partition coefficient (Wildman–Crippen LogP) is 4.48. The maximum absolute atomic E-state index is 14.2. The molecule has 2 atom stereocenters. The molecule has 1 aliphatic rings. The zero-order valence-electron chi connectivity index (χ0n) is 28.7. The van der Waals surface area contributed by atoms with E-state index < -0.39 is 82.1 Å². The largest absolute Gasteiger partial charge is 0.452 e. The van der Waals surface area contributed by atoms with Gasteiger partial charge in [0.2, 0.25) is 11.8 Å². The molecule has 0 saturated heterocycles. The van der Waals surface area contributed by atoms with Crippen LogP contribution in [0.2, 0.25) is 5.02 Å². The molecule has 3 aromatic rings. The van der Waals surface area contributed by atoms with Gasteiger partial charge in [-0.3, -0.25) is 24.0 Å². The van der Waals surface area contributed by atoms with Crippen LogP contribution in [0.1, 0.15) is 59.5 Å². The van der Waals surface area contributed by atoms with E-state index in [1.54, 1.807) is 13.8 Å². The molecular weight excluding hydrogens is 725 g/mol. The number of Topliss-reactive ketones (excluding diaryl/α,β-unsaturated/α-hetero) is 1. The van der Waals surface area contributed by atoms with Crippen molar-refractivity contribution in [3.63, 3.8) is 0 Å². The van der Waals surface area contributed by atoms with Gasteiger partial charge in [0.25, 0.3) is 27.6 Å². The van der Waals surface area contributed by atoms with E-state index in [1.807, 2.05) is 29.0 Å². The minimum atomic E-state index is -5.19. The van der Waals surface area contributed by atoms with Crippen molar-refractivity contribution in [2.45, 2.75) is 69.7 Å². The zero-order chi connectivity index (χ0) is 38.5. The maximum atomic E-state index is 14.2. The minimum absolute atomic E-state index is 0.0264. The van der Waals surface area contributed by atoms with Crippen molar-refractivity contribution in [2.75, 3.05) is 6.54 Å². The normalized spacial score (nSPS) is 14.3. The summed E-state index contributed by atoms with van der Waals surface area (Å²) in [6.45, 7) is 5.37. The van der Waals surface area contributed by atoms with Crippen LogP contribution in [-0.2, 0) is 37.2 Å². The fourth-order valence-electron chi connectivity index (χ4n) is 5.77. The van der Waals surface area contributed by atoms with Crippen LogP contribution in [0, 0.1) is 11.8 Å². The average molecular weight is 763 g/mol. The Morgan fingerprint density at radius 3 is 1.75 bits per heavy atom. The van der Waals surface area contributed by atoms with Crippen molar-refractivity contribution in [1.29, 1.82) is 0 Å². The topological polar surface area (TPSA) is 159 Å². The summed E-state index contributed by atoms with van der Waals surface area (Å²) in [5.41, 5.74) is 1.80. The lowest BCUT2D eigenvalue weighted by atomic mass is 9.98. The van der Waals surface area contributed by atoms with E-state index in [2.05, 4.69) is 10.6 Å². The highest BCUT2D eigenvalue weighted by Crippen LogP contribution is 2.27. The predicted molar refractivity (Wildman–Crippen MR) is 186 cm³/mol. The first kappa shape index (κ1) is 40.0. The van der Waals surface area contributed by atoms with Crippen LogP contribution in [0.4, 0.5) is 13.2 Å². The number of nitrogens with one attached hydrogen (secondary N) is 3. The Labute approximate surface area is 304 Å². The lowest BCUT2D eigenvalue weighted by Crippen LogP contribution is -2.58. The number of fused-ring (bicyclic) bond motifs is 1. The number of nitrogens with zero attached hydrogens (tertiary/aromatic N) is 1. The summed E-state index contributed by atoms with van der Waals surface area (Å²) >= 11 is 5.81. The fourth-order valence-corrected chi connectivity index (χ4v) is 6.87. The molecule has 0 aliphatic heterocycles. The quantitative estimate of drug-likeness (QED) is 0.232. The number of benzene rings is 3. The number of alkyl halides is 3. The van der Waals surface area contributed by atoms with Gasteiger partial charge in [0, 0.05) is 22.2 Å². The molecule has 0 fully saturated rings. The number of halogens is 4. The van der Waals surface area contributed by atoms with Gasteiger partial charge in [0.15, 0.2) is 0 Å². The van der Waals surface area contributed by atoms with Gasteiger partial charge in [-0.05, 0) is 84.3 Å². The molecule has 16 heteroatoms. The lowest BCUT2D eigenvalue weighted by molar-refractivity contribution is -0.175. The van der Waals surface area contributed by atoms with Crippen molar-refractivity contribution >= 4 is 51.0 Å². The van der Waals surface area contributed by atoms with Crippen molar-refractivity contribution in [2.24, 2.45) is 11.8 Å². The first-order valence-corrected chi connectivity index (χ1v) is 18.2. The summed E-state index contributed by atoms with van der Waals surface area (Å²) < 4.78 is 67.1. The number of carbonyl (C=O) groups excluding carboxylic acids is 5. The van der Waals surface area contributed by atoms with Gasteiger partial charge in [0.05, 0.1) is 17.5 Å². The number of rotatable bonds is 13. The van der Waals surface area contributed by atoms with E-state index in [0.29, 0.717) is 17.9 Å². The van der Waals surface area contributed by atoms with Crippen molar-refractivity contribution in [3.05, 3.63) is 100 Å². The summed E-state index contributed by atoms with van der Waals surface area (Å²) in [6.07, 6.45) is -4.49. The van der Waals surface area contributed by atoms with Crippen LogP contribution in [0.25, 0.3) is 0 Å². The third-order valence-electron chi connectivity index (χ3n) is 8.59. The monoisotopic (exact) mass is 762 g/mol. The highest BCUT2D eigenvalue weighted by atomic mass is 35.5. The molecule has 0 unspecified atom stereocenters. The standard InChI is InChI=1S/C36H38ClF3N4O7S/c1-20(2)30(32(46)36(38,39)40)41-29(45)19-44(27-17-24-7-5-6-8-25(24)18-27)35(49)31(21(3)4)42-33(47)22-9-11-23(12-10-22)34(48)43-52(50,51)28-15-13-26(37)14-16-28/h5-16,20-21,27,30-31H,17-19H2,1-4H3,(H,41,45)(H,42,47)(H,43,48)/t30-,31+/m1/s1. The summed E-state index contributed by atoms with van der Waals surface area (Å²) in [6, 6.07) is 13.9. The molecule has 0 heterocycles. The number of hydrogen-bond donors (Lipinski definition) is 3. The van der Waals surface area contributed by atoms with Crippen molar-refractivity contribution < 1.29 is 45.6 Å². The fraction of sp³-hybridized carbons (Fsp3) is 0.361.